The zero-order valence-corrected chi connectivity index (χ0v) is 17.1. The lowest BCUT2D eigenvalue weighted by Gasteiger charge is -2.34. The second-order valence-corrected chi connectivity index (χ2v) is 8.07. The number of carbonyl (C=O) groups is 1. The van der Waals surface area contributed by atoms with E-state index in [0.29, 0.717) is 12.3 Å². The van der Waals surface area contributed by atoms with E-state index in [-0.39, 0.29) is 11.3 Å². The van der Waals surface area contributed by atoms with Crippen molar-refractivity contribution in [3.05, 3.63) is 35.4 Å². The zero-order valence-electron chi connectivity index (χ0n) is 17.1. The van der Waals surface area contributed by atoms with E-state index in [0.717, 1.165) is 45.0 Å². The third-order valence-corrected chi connectivity index (χ3v) is 6.10. The summed E-state index contributed by atoms with van der Waals surface area (Å²) < 4.78 is 0. The van der Waals surface area contributed by atoms with Crippen LogP contribution in [0.5, 0.6) is 0 Å². The first-order chi connectivity index (χ1) is 13.1. The van der Waals surface area contributed by atoms with Crippen LogP contribution >= 0.6 is 0 Å². The quantitative estimate of drug-likeness (QED) is 0.598. The molecule has 1 aromatic rings. The Hall–Kier alpha value is -2.04. The number of rotatable bonds is 6. The lowest BCUT2D eigenvalue weighted by atomic mass is 9.92. The lowest BCUT2D eigenvalue weighted by molar-refractivity contribution is -0.121. The predicted molar refractivity (Wildman–Crippen MR) is 111 cm³/mol. The SMILES string of the molecule is CCNC(=NCC1(c2ccccc2C)CC1)N1CCC(CC(=O)NC)CC1. The van der Waals surface area contributed by atoms with Crippen molar-refractivity contribution in [3.63, 3.8) is 0 Å². The van der Waals surface area contributed by atoms with E-state index in [1.807, 2.05) is 0 Å². The molecule has 1 aliphatic carbocycles. The standard InChI is InChI=1S/C22H34N4O/c1-4-24-21(26-13-9-18(10-14-26)15-20(27)23-3)25-16-22(11-12-22)19-8-6-5-7-17(19)2/h5-8,18H,4,9-16H2,1-3H3,(H,23,27)(H,24,25). The molecular weight excluding hydrogens is 336 g/mol. The van der Waals surface area contributed by atoms with Gasteiger partial charge in [-0.15, -0.1) is 0 Å². The first-order valence-electron chi connectivity index (χ1n) is 10.4. The number of nitrogens with one attached hydrogen (secondary N) is 2. The van der Waals surface area contributed by atoms with Crippen molar-refractivity contribution in [2.24, 2.45) is 10.9 Å². The zero-order chi connectivity index (χ0) is 19.3. The van der Waals surface area contributed by atoms with Gasteiger partial charge in [-0.1, -0.05) is 24.3 Å². The van der Waals surface area contributed by atoms with Crippen LogP contribution in [0.2, 0.25) is 0 Å². The number of hydrogen-bond donors (Lipinski definition) is 2. The molecule has 1 aliphatic heterocycles. The number of aryl methyl sites for hydroxylation is 1. The average molecular weight is 371 g/mol. The van der Waals surface area contributed by atoms with Crippen LogP contribution in [0.4, 0.5) is 0 Å². The summed E-state index contributed by atoms with van der Waals surface area (Å²) in [4.78, 5) is 19.0. The van der Waals surface area contributed by atoms with Gasteiger partial charge in [0.2, 0.25) is 5.91 Å². The Kier molecular flexibility index (Phi) is 6.40. The Labute approximate surface area is 163 Å². The molecule has 3 rings (SSSR count). The normalized spacial score (nSPS) is 19.7. The molecule has 0 unspecified atom stereocenters. The second kappa shape index (κ2) is 8.77. The van der Waals surface area contributed by atoms with Crippen LogP contribution in [0, 0.1) is 12.8 Å². The first-order valence-corrected chi connectivity index (χ1v) is 10.4. The highest BCUT2D eigenvalue weighted by atomic mass is 16.1. The molecule has 27 heavy (non-hydrogen) atoms. The number of amides is 1. The van der Waals surface area contributed by atoms with Gasteiger partial charge in [-0.05, 0) is 56.6 Å². The minimum Gasteiger partial charge on any atom is -0.359 e. The first kappa shape index (κ1) is 19.7. The van der Waals surface area contributed by atoms with Gasteiger partial charge < -0.3 is 15.5 Å². The number of nitrogens with zero attached hydrogens (tertiary/aromatic N) is 2. The molecule has 1 aromatic carbocycles. The van der Waals surface area contributed by atoms with Crippen LogP contribution in [-0.2, 0) is 10.2 Å². The van der Waals surface area contributed by atoms with Gasteiger partial charge >= 0.3 is 0 Å². The molecule has 0 atom stereocenters. The number of carbonyl (C=O) groups excluding carboxylic acids is 1. The molecule has 2 N–H and O–H groups in total. The summed E-state index contributed by atoms with van der Waals surface area (Å²) in [6.45, 7) is 8.03. The van der Waals surface area contributed by atoms with Crippen molar-refractivity contribution < 1.29 is 4.79 Å². The van der Waals surface area contributed by atoms with E-state index < -0.39 is 0 Å². The number of aliphatic imine (C=N–C) groups is 1. The molecule has 1 amide bonds. The Morgan fingerprint density at radius 3 is 2.56 bits per heavy atom. The van der Waals surface area contributed by atoms with Crippen LogP contribution in [0.3, 0.4) is 0 Å². The van der Waals surface area contributed by atoms with Gasteiger partial charge in [0, 0.05) is 38.5 Å². The molecule has 148 valence electrons. The van der Waals surface area contributed by atoms with Crippen molar-refractivity contribution in [1.29, 1.82) is 0 Å². The fourth-order valence-corrected chi connectivity index (χ4v) is 4.20. The minimum atomic E-state index is 0.155. The van der Waals surface area contributed by atoms with Crippen molar-refractivity contribution >= 4 is 11.9 Å². The second-order valence-electron chi connectivity index (χ2n) is 8.07. The Morgan fingerprint density at radius 1 is 1.26 bits per heavy atom. The molecule has 2 aliphatic rings. The summed E-state index contributed by atoms with van der Waals surface area (Å²) >= 11 is 0. The molecule has 1 saturated carbocycles. The molecule has 2 fully saturated rings. The maximum absolute atomic E-state index is 11.6. The molecule has 0 aromatic heterocycles. The fourth-order valence-electron chi connectivity index (χ4n) is 4.20. The molecular formula is C22H34N4O. The molecule has 1 heterocycles. The van der Waals surface area contributed by atoms with Gasteiger partial charge in [-0.25, -0.2) is 0 Å². The largest absolute Gasteiger partial charge is 0.359 e. The summed E-state index contributed by atoms with van der Waals surface area (Å²) in [5.41, 5.74) is 3.09. The van der Waals surface area contributed by atoms with Crippen LogP contribution in [0.15, 0.2) is 29.3 Å². The van der Waals surface area contributed by atoms with Crippen LogP contribution in [0.25, 0.3) is 0 Å². The average Bonchev–Trinajstić information content (AvgIpc) is 3.47. The molecule has 0 spiro atoms. The van der Waals surface area contributed by atoms with Gasteiger partial charge in [-0.2, -0.15) is 0 Å². The highest BCUT2D eigenvalue weighted by molar-refractivity contribution is 5.80. The van der Waals surface area contributed by atoms with E-state index in [1.54, 1.807) is 7.05 Å². The third kappa shape index (κ3) is 4.82. The Balaban J connectivity index is 1.63. The van der Waals surface area contributed by atoms with Gasteiger partial charge in [0.1, 0.15) is 0 Å². The third-order valence-electron chi connectivity index (χ3n) is 6.10. The molecule has 5 heteroatoms. The van der Waals surface area contributed by atoms with Gasteiger partial charge in [0.15, 0.2) is 5.96 Å². The van der Waals surface area contributed by atoms with Crippen molar-refractivity contribution in [2.75, 3.05) is 33.2 Å². The number of guanidine groups is 1. The maximum Gasteiger partial charge on any atom is 0.220 e. The van der Waals surface area contributed by atoms with E-state index in [1.165, 1.54) is 24.0 Å². The summed E-state index contributed by atoms with van der Waals surface area (Å²) in [5.74, 6) is 1.68. The highest BCUT2D eigenvalue weighted by Crippen LogP contribution is 2.49. The summed E-state index contributed by atoms with van der Waals surface area (Å²) in [6.07, 6.45) is 5.22. The maximum atomic E-state index is 11.6. The smallest absolute Gasteiger partial charge is 0.220 e. The van der Waals surface area contributed by atoms with Crippen LogP contribution in [-0.4, -0.2) is 50.0 Å². The summed E-state index contributed by atoms with van der Waals surface area (Å²) in [5, 5.41) is 6.22. The van der Waals surface area contributed by atoms with Crippen molar-refractivity contribution in [3.8, 4) is 0 Å². The fraction of sp³-hybridized carbons (Fsp3) is 0.636. The van der Waals surface area contributed by atoms with Gasteiger partial charge in [-0.3, -0.25) is 9.79 Å². The van der Waals surface area contributed by atoms with Gasteiger partial charge in [0.05, 0.1) is 6.54 Å². The highest BCUT2D eigenvalue weighted by Gasteiger charge is 2.45. The number of benzene rings is 1. The molecule has 5 nitrogen and oxygen atoms in total. The number of piperidine rings is 1. The Bertz CT molecular complexity index is 673. The van der Waals surface area contributed by atoms with Crippen molar-refractivity contribution in [2.45, 2.75) is 51.4 Å². The molecule has 0 radical (unpaired) electrons. The topological polar surface area (TPSA) is 56.7 Å². The lowest BCUT2D eigenvalue weighted by Crippen LogP contribution is -2.46. The van der Waals surface area contributed by atoms with E-state index in [4.69, 9.17) is 4.99 Å². The van der Waals surface area contributed by atoms with E-state index >= 15 is 0 Å². The monoisotopic (exact) mass is 370 g/mol. The number of hydrogen-bond acceptors (Lipinski definition) is 2. The van der Waals surface area contributed by atoms with E-state index in [2.05, 4.69) is 53.6 Å². The minimum absolute atomic E-state index is 0.155. The summed E-state index contributed by atoms with van der Waals surface area (Å²) in [6, 6.07) is 8.75. The van der Waals surface area contributed by atoms with E-state index in [9.17, 15) is 4.79 Å². The van der Waals surface area contributed by atoms with Crippen LogP contribution < -0.4 is 10.6 Å². The Morgan fingerprint density at radius 2 is 1.96 bits per heavy atom. The molecule has 1 saturated heterocycles. The van der Waals surface area contributed by atoms with Crippen LogP contribution in [0.1, 0.15) is 50.2 Å². The predicted octanol–water partition coefficient (Wildman–Crippen LogP) is 2.84. The molecule has 0 bridgehead atoms. The van der Waals surface area contributed by atoms with Crippen molar-refractivity contribution in [1.82, 2.24) is 15.5 Å². The summed E-state index contributed by atoms with van der Waals surface area (Å²) in [7, 11) is 1.72. The van der Waals surface area contributed by atoms with Gasteiger partial charge in [0.25, 0.3) is 0 Å². The number of likely N-dealkylation sites (tertiary alicyclic amines) is 1.